The van der Waals surface area contributed by atoms with Crippen molar-refractivity contribution in [3.63, 3.8) is 0 Å². The standard InChI is InChI=1S/C19H29N3O3/c1-4-22-12-15(10-11-17(22)23)20-18(24)19(25)21-16-7-5-6-14(16)9-8-13(2)3/h10-14,16H,4-9H2,1-3H3,(H,20,24)(H,21,25)/t14-,16+/m0/s1. The van der Waals surface area contributed by atoms with Crippen LogP contribution in [0.4, 0.5) is 5.69 Å². The number of carbonyl (C=O) groups excluding carboxylic acids is 2. The Morgan fingerprint density at radius 1 is 1.24 bits per heavy atom. The van der Waals surface area contributed by atoms with Crippen LogP contribution in [0.15, 0.2) is 23.1 Å². The van der Waals surface area contributed by atoms with Crippen LogP contribution >= 0.6 is 0 Å². The number of rotatable bonds is 6. The molecule has 2 amide bonds. The summed E-state index contributed by atoms with van der Waals surface area (Å²) in [6, 6.07) is 2.98. The van der Waals surface area contributed by atoms with E-state index < -0.39 is 11.8 Å². The lowest BCUT2D eigenvalue weighted by atomic mass is 9.93. The predicted molar refractivity (Wildman–Crippen MR) is 98.3 cm³/mol. The number of hydrogen-bond donors (Lipinski definition) is 2. The van der Waals surface area contributed by atoms with E-state index in [1.54, 1.807) is 6.20 Å². The topological polar surface area (TPSA) is 80.2 Å². The van der Waals surface area contributed by atoms with Gasteiger partial charge in [0.25, 0.3) is 5.56 Å². The third-order valence-corrected chi connectivity index (χ3v) is 4.88. The van der Waals surface area contributed by atoms with Gasteiger partial charge in [-0.05, 0) is 44.1 Å². The molecule has 1 aromatic heterocycles. The van der Waals surface area contributed by atoms with Crippen LogP contribution in [0.25, 0.3) is 0 Å². The van der Waals surface area contributed by atoms with Crippen molar-refractivity contribution in [2.45, 2.75) is 65.5 Å². The van der Waals surface area contributed by atoms with Crippen molar-refractivity contribution in [3.05, 3.63) is 28.7 Å². The number of carbonyl (C=O) groups is 2. The van der Waals surface area contributed by atoms with Gasteiger partial charge in [0.15, 0.2) is 0 Å². The second-order valence-electron chi connectivity index (χ2n) is 7.24. The van der Waals surface area contributed by atoms with Gasteiger partial charge in [0.2, 0.25) is 0 Å². The predicted octanol–water partition coefficient (Wildman–Crippen LogP) is 2.53. The Kier molecular flexibility index (Phi) is 6.79. The Balaban J connectivity index is 1.91. The van der Waals surface area contributed by atoms with Crippen molar-refractivity contribution in [1.82, 2.24) is 9.88 Å². The Hall–Kier alpha value is -2.11. The van der Waals surface area contributed by atoms with Crippen LogP contribution in [-0.2, 0) is 16.1 Å². The van der Waals surface area contributed by atoms with Crippen molar-refractivity contribution in [3.8, 4) is 0 Å². The summed E-state index contributed by atoms with van der Waals surface area (Å²) in [6.45, 7) is 6.75. The zero-order valence-corrected chi connectivity index (χ0v) is 15.4. The van der Waals surface area contributed by atoms with Gasteiger partial charge in [-0.2, -0.15) is 0 Å². The highest BCUT2D eigenvalue weighted by molar-refractivity contribution is 6.39. The van der Waals surface area contributed by atoms with Gasteiger partial charge in [-0.1, -0.05) is 26.7 Å². The molecule has 1 heterocycles. The summed E-state index contributed by atoms with van der Waals surface area (Å²) in [7, 11) is 0. The van der Waals surface area contributed by atoms with Crippen molar-refractivity contribution in [2.75, 3.05) is 5.32 Å². The summed E-state index contributed by atoms with van der Waals surface area (Å²) in [5.74, 6) is -0.179. The minimum absolute atomic E-state index is 0.0848. The van der Waals surface area contributed by atoms with E-state index in [4.69, 9.17) is 0 Å². The van der Waals surface area contributed by atoms with Crippen LogP contribution in [-0.4, -0.2) is 22.4 Å². The maximum absolute atomic E-state index is 12.2. The zero-order chi connectivity index (χ0) is 18.4. The molecular weight excluding hydrogens is 318 g/mol. The number of aromatic nitrogens is 1. The van der Waals surface area contributed by atoms with Gasteiger partial charge < -0.3 is 15.2 Å². The van der Waals surface area contributed by atoms with Crippen LogP contribution in [0.5, 0.6) is 0 Å². The normalized spacial score (nSPS) is 19.8. The second kappa shape index (κ2) is 8.83. The first-order valence-corrected chi connectivity index (χ1v) is 9.23. The Bertz CT molecular complexity index is 666. The highest BCUT2D eigenvalue weighted by atomic mass is 16.2. The van der Waals surface area contributed by atoms with E-state index in [1.807, 2.05) is 6.92 Å². The molecule has 2 atom stereocenters. The molecule has 1 saturated carbocycles. The summed E-state index contributed by atoms with van der Waals surface area (Å²) in [5, 5.41) is 5.47. The van der Waals surface area contributed by atoms with Gasteiger partial charge in [-0.15, -0.1) is 0 Å². The van der Waals surface area contributed by atoms with Crippen LogP contribution in [0.3, 0.4) is 0 Å². The lowest BCUT2D eigenvalue weighted by Gasteiger charge is -2.21. The molecule has 6 nitrogen and oxygen atoms in total. The second-order valence-corrected chi connectivity index (χ2v) is 7.24. The van der Waals surface area contributed by atoms with Crippen molar-refractivity contribution >= 4 is 17.5 Å². The molecule has 1 aromatic rings. The van der Waals surface area contributed by atoms with Gasteiger partial charge in [0, 0.05) is 24.8 Å². The Labute approximate surface area is 149 Å². The first-order valence-electron chi connectivity index (χ1n) is 9.23. The molecule has 0 aliphatic heterocycles. The molecule has 25 heavy (non-hydrogen) atoms. The summed E-state index contributed by atoms with van der Waals surface area (Å²) < 4.78 is 1.48. The van der Waals surface area contributed by atoms with Gasteiger partial charge in [-0.3, -0.25) is 14.4 Å². The van der Waals surface area contributed by atoms with E-state index in [2.05, 4.69) is 24.5 Å². The van der Waals surface area contributed by atoms with E-state index >= 15 is 0 Å². The lowest BCUT2D eigenvalue weighted by molar-refractivity contribution is -0.136. The SMILES string of the molecule is CCn1cc(NC(=O)C(=O)N[C@@H]2CCC[C@H]2CCC(C)C)ccc1=O. The van der Waals surface area contributed by atoms with Crippen molar-refractivity contribution < 1.29 is 9.59 Å². The molecule has 0 unspecified atom stereocenters. The summed E-state index contributed by atoms with van der Waals surface area (Å²) in [4.78, 5) is 35.9. The average molecular weight is 347 g/mol. The molecule has 138 valence electrons. The molecule has 1 aliphatic carbocycles. The lowest BCUT2D eigenvalue weighted by Crippen LogP contribution is -2.43. The van der Waals surface area contributed by atoms with Gasteiger partial charge in [0.05, 0.1) is 5.69 Å². The van der Waals surface area contributed by atoms with Crippen molar-refractivity contribution in [2.24, 2.45) is 11.8 Å². The van der Waals surface area contributed by atoms with Crippen LogP contribution in [0.1, 0.15) is 52.9 Å². The van der Waals surface area contributed by atoms with Crippen LogP contribution in [0.2, 0.25) is 0 Å². The minimum atomic E-state index is -0.684. The highest BCUT2D eigenvalue weighted by Crippen LogP contribution is 2.30. The summed E-state index contributed by atoms with van der Waals surface area (Å²) in [6.07, 6.45) is 6.92. The van der Waals surface area contributed by atoms with E-state index in [-0.39, 0.29) is 11.6 Å². The fraction of sp³-hybridized carbons (Fsp3) is 0.632. The first kappa shape index (κ1) is 19.2. The molecular formula is C19H29N3O3. The molecule has 0 radical (unpaired) electrons. The maximum atomic E-state index is 12.2. The highest BCUT2D eigenvalue weighted by Gasteiger charge is 2.30. The summed E-state index contributed by atoms with van der Waals surface area (Å²) in [5.41, 5.74) is 0.313. The third kappa shape index (κ3) is 5.44. The summed E-state index contributed by atoms with van der Waals surface area (Å²) >= 11 is 0. The molecule has 0 spiro atoms. The number of nitrogens with zero attached hydrogens (tertiary/aromatic N) is 1. The van der Waals surface area contributed by atoms with Gasteiger partial charge in [0.1, 0.15) is 0 Å². The first-order chi connectivity index (χ1) is 11.9. The number of hydrogen-bond acceptors (Lipinski definition) is 3. The smallest absolute Gasteiger partial charge is 0.313 e. The van der Waals surface area contributed by atoms with Crippen molar-refractivity contribution in [1.29, 1.82) is 0 Å². The molecule has 2 N–H and O–H groups in total. The van der Waals surface area contributed by atoms with Gasteiger partial charge in [-0.25, -0.2) is 0 Å². The molecule has 0 saturated heterocycles. The average Bonchev–Trinajstić information content (AvgIpc) is 3.01. The Morgan fingerprint density at radius 3 is 2.68 bits per heavy atom. The molecule has 1 fully saturated rings. The van der Waals surface area contributed by atoms with Crippen LogP contribution < -0.4 is 16.2 Å². The zero-order valence-electron chi connectivity index (χ0n) is 15.4. The molecule has 0 aromatic carbocycles. The Morgan fingerprint density at radius 2 is 2.00 bits per heavy atom. The molecule has 0 bridgehead atoms. The molecule has 2 rings (SSSR count). The number of anilines is 1. The van der Waals surface area contributed by atoms with E-state index in [9.17, 15) is 14.4 Å². The molecule has 6 heteroatoms. The van der Waals surface area contributed by atoms with Crippen LogP contribution in [0, 0.1) is 11.8 Å². The fourth-order valence-electron chi connectivity index (χ4n) is 3.39. The number of amides is 2. The van der Waals surface area contributed by atoms with Gasteiger partial charge >= 0.3 is 11.8 Å². The quantitative estimate of drug-likeness (QED) is 0.776. The number of nitrogens with one attached hydrogen (secondary N) is 2. The van der Waals surface area contributed by atoms with E-state index in [0.717, 1.165) is 32.1 Å². The largest absolute Gasteiger partial charge is 0.345 e. The number of pyridine rings is 1. The van der Waals surface area contributed by atoms with E-state index in [0.29, 0.717) is 24.1 Å². The fourth-order valence-corrected chi connectivity index (χ4v) is 3.39. The van der Waals surface area contributed by atoms with E-state index in [1.165, 1.54) is 16.7 Å². The minimum Gasteiger partial charge on any atom is -0.345 e. The third-order valence-electron chi connectivity index (χ3n) is 4.88. The maximum Gasteiger partial charge on any atom is 0.313 e. The molecule has 1 aliphatic rings. The monoisotopic (exact) mass is 347 g/mol. The number of aryl methyl sites for hydroxylation is 1.